The zero-order valence-corrected chi connectivity index (χ0v) is 9.78. The molecule has 0 spiro atoms. The first-order chi connectivity index (χ1) is 8.18. The summed E-state index contributed by atoms with van der Waals surface area (Å²) in [6, 6.07) is 0. The van der Waals surface area contributed by atoms with Crippen molar-refractivity contribution in [1.29, 1.82) is 0 Å². The fourth-order valence-corrected chi connectivity index (χ4v) is 1.06. The van der Waals surface area contributed by atoms with Crippen molar-refractivity contribution in [1.82, 2.24) is 0 Å². The number of hydrogen-bond acceptors (Lipinski definition) is 4. The second kappa shape index (κ2) is 9.73. The first-order valence-electron chi connectivity index (χ1n) is 5.01. The van der Waals surface area contributed by atoms with Crippen molar-refractivity contribution in [3.8, 4) is 37.0 Å². The third kappa shape index (κ3) is 8.34. The van der Waals surface area contributed by atoms with Crippen molar-refractivity contribution in [3.63, 3.8) is 0 Å². The summed E-state index contributed by atoms with van der Waals surface area (Å²) < 4.78 is 15.6. The molecule has 0 aliphatic rings. The smallest absolute Gasteiger partial charge is 0.107 e. The molecule has 0 saturated heterocycles. The lowest BCUT2D eigenvalue weighted by Crippen LogP contribution is -2.53. The van der Waals surface area contributed by atoms with Crippen molar-refractivity contribution in [2.45, 2.75) is 5.54 Å². The number of nitrogens with two attached hydrogens (primary N) is 1. The Hall–Kier alpha value is -1.48. The first kappa shape index (κ1) is 15.5. The maximum absolute atomic E-state index is 6.04. The molecule has 0 unspecified atom stereocenters. The summed E-state index contributed by atoms with van der Waals surface area (Å²) in [6.45, 7) is 1.20. The Balaban J connectivity index is 4.11. The van der Waals surface area contributed by atoms with E-state index in [0.29, 0.717) is 0 Å². The van der Waals surface area contributed by atoms with E-state index >= 15 is 0 Å². The molecule has 0 aliphatic heterocycles. The summed E-state index contributed by atoms with van der Waals surface area (Å²) in [5, 5.41) is 0. The van der Waals surface area contributed by atoms with Crippen LogP contribution in [0.25, 0.3) is 0 Å². The van der Waals surface area contributed by atoms with E-state index in [9.17, 15) is 0 Å². The van der Waals surface area contributed by atoms with Crippen molar-refractivity contribution in [2.24, 2.45) is 5.73 Å². The maximum Gasteiger partial charge on any atom is 0.107 e. The van der Waals surface area contributed by atoms with Crippen LogP contribution in [-0.2, 0) is 14.2 Å². The molecule has 0 bridgehead atoms. The molecule has 0 heterocycles. The van der Waals surface area contributed by atoms with Crippen LogP contribution in [-0.4, -0.2) is 45.2 Å². The lowest BCUT2D eigenvalue weighted by atomic mass is 10.1. The van der Waals surface area contributed by atoms with Crippen LogP contribution in [0.5, 0.6) is 0 Å². The molecule has 0 amide bonds. The van der Waals surface area contributed by atoms with Crippen LogP contribution in [0, 0.1) is 37.0 Å². The van der Waals surface area contributed by atoms with E-state index in [2.05, 4.69) is 17.8 Å². The third-order valence-corrected chi connectivity index (χ3v) is 1.72. The van der Waals surface area contributed by atoms with Crippen LogP contribution in [0.2, 0.25) is 0 Å². The minimum absolute atomic E-state index is 0.184. The van der Waals surface area contributed by atoms with E-state index < -0.39 is 5.54 Å². The van der Waals surface area contributed by atoms with Gasteiger partial charge in [-0.15, -0.1) is 19.3 Å². The van der Waals surface area contributed by atoms with Gasteiger partial charge in [-0.3, -0.25) is 0 Å². The summed E-state index contributed by atoms with van der Waals surface area (Å²) in [5.74, 6) is 7.05. The van der Waals surface area contributed by atoms with Gasteiger partial charge in [0, 0.05) is 0 Å². The topological polar surface area (TPSA) is 53.7 Å². The molecule has 0 rings (SSSR count). The van der Waals surface area contributed by atoms with Gasteiger partial charge in [-0.1, -0.05) is 17.8 Å². The summed E-state index contributed by atoms with van der Waals surface area (Å²) >= 11 is 0. The van der Waals surface area contributed by atoms with Crippen molar-refractivity contribution in [3.05, 3.63) is 0 Å². The molecule has 17 heavy (non-hydrogen) atoms. The second-order valence-electron chi connectivity index (χ2n) is 3.45. The molecule has 2 N–H and O–H groups in total. The molecular formula is C13H17NO3. The monoisotopic (exact) mass is 235 g/mol. The highest BCUT2D eigenvalue weighted by atomic mass is 16.5. The molecule has 0 aromatic carbocycles. The summed E-state index contributed by atoms with van der Waals surface area (Å²) in [7, 11) is 0. The average Bonchev–Trinajstić information content (AvgIpc) is 2.30. The van der Waals surface area contributed by atoms with Gasteiger partial charge in [0.25, 0.3) is 0 Å². The number of terminal acetylenes is 3. The SMILES string of the molecule is C#CCOCC(N)(COCC#C)COCC#C. The van der Waals surface area contributed by atoms with Gasteiger partial charge in [0.2, 0.25) is 0 Å². The Labute approximate surface area is 103 Å². The largest absolute Gasteiger partial charge is 0.367 e. The highest BCUT2D eigenvalue weighted by Crippen LogP contribution is 2.04. The summed E-state index contributed by atoms with van der Waals surface area (Å²) in [4.78, 5) is 0. The maximum atomic E-state index is 6.04. The van der Waals surface area contributed by atoms with Gasteiger partial charge in [0.1, 0.15) is 19.8 Å². The van der Waals surface area contributed by atoms with Crippen LogP contribution >= 0.6 is 0 Å². The molecule has 92 valence electrons. The zero-order chi connectivity index (χ0) is 13.0. The van der Waals surface area contributed by atoms with E-state index in [1.54, 1.807) is 0 Å². The second-order valence-corrected chi connectivity index (χ2v) is 3.45. The van der Waals surface area contributed by atoms with Crippen molar-refractivity contribution in [2.75, 3.05) is 39.6 Å². The Kier molecular flexibility index (Phi) is 8.88. The van der Waals surface area contributed by atoms with Crippen LogP contribution in [0.15, 0.2) is 0 Å². The highest BCUT2D eigenvalue weighted by Gasteiger charge is 2.26. The molecule has 0 radical (unpaired) electrons. The number of ether oxygens (including phenoxy) is 3. The van der Waals surface area contributed by atoms with Crippen molar-refractivity contribution >= 4 is 0 Å². The van der Waals surface area contributed by atoms with Gasteiger partial charge >= 0.3 is 0 Å². The normalized spacial score (nSPS) is 10.2. The van der Waals surface area contributed by atoms with Gasteiger partial charge in [-0.2, -0.15) is 0 Å². The Bertz CT molecular complexity index is 269. The van der Waals surface area contributed by atoms with E-state index in [1.807, 2.05) is 0 Å². The first-order valence-corrected chi connectivity index (χ1v) is 5.01. The fourth-order valence-electron chi connectivity index (χ4n) is 1.06. The molecule has 4 nitrogen and oxygen atoms in total. The molecule has 0 atom stereocenters. The van der Waals surface area contributed by atoms with Gasteiger partial charge in [-0.25, -0.2) is 0 Å². The Morgan fingerprint density at radius 3 is 1.29 bits per heavy atom. The third-order valence-electron chi connectivity index (χ3n) is 1.72. The Morgan fingerprint density at radius 1 is 0.765 bits per heavy atom. The fraction of sp³-hybridized carbons (Fsp3) is 0.538. The quantitative estimate of drug-likeness (QED) is 0.438. The van der Waals surface area contributed by atoms with Gasteiger partial charge in [0.15, 0.2) is 0 Å². The molecule has 0 aromatic rings. The zero-order valence-electron chi connectivity index (χ0n) is 9.78. The minimum Gasteiger partial charge on any atom is -0.367 e. The van der Waals surface area contributed by atoms with E-state index in [4.69, 9.17) is 39.2 Å². The van der Waals surface area contributed by atoms with E-state index in [1.165, 1.54) is 0 Å². The molecular weight excluding hydrogens is 218 g/mol. The average molecular weight is 235 g/mol. The number of hydrogen-bond donors (Lipinski definition) is 1. The molecule has 0 fully saturated rings. The predicted molar refractivity (Wildman–Crippen MR) is 65.9 cm³/mol. The van der Waals surface area contributed by atoms with E-state index in [0.717, 1.165) is 0 Å². The van der Waals surface area contributed by atoms with Gasteiger partial charge in [0.05, 0.1) is 25.4 Å². The van der Waals surface area contributed by atoms with Gasteiger partial charge in [-0.05, 0) is 0 Å². The van der Waals surface area contributed by atoms with Crippen LogP contribution in [0.1, 0.15) is 0 Å². The summed E-state index contributed by atoms with van der Waals surface area (Å²) in [6.07, 6.45) is 15.2. The molecule has 0 aromatic heterocycles. The lowest BCUT2D eigenvalue weighted by molar-refractivity contribution is -0.00408. The minimum atomic E-state index is -0.801. The molecule has 0 aliphatic carbocycles. The van der Waals surface area contributed by atoms with Gasteiger partial charge < -0.3 is 19.9 Å². The standard InChI is InChI=1S/C13H17NO3/c1-4-7-15-10-13(14,11-16-8-5-2)12-17-9-6-3/h1-3H,7-12,14H2. The predicted octanol–water partition coefficient (Wildman–Crippen LogP) is -0.367. The van der Waals surface area contributed by atoms with Crippen LogP contribution in [0.4, 0.5) is 0 Å². The summed E-state index contributed by atoms with van der Waals surface area (Å²) in [5.41, 5.74) is 5.24. The highest BCUT2D eigenvalue weighted by molar-refractivity contribution is 4.90. The van der Waals surface area contributed by atoms with E-state index in [-0.39, 0.29) is 39.6 Å². The number of rotatable bonds is 9. The van der Waals surface area contributed by atoms with Crippen LogP contribution in [0.3, 0.4) is 0 Å². The molecule has 4 heteroatoms. The molecule has 0 saturated carbocycles. The van der Waals surface area contributed by atoms with Crippen LogP contribution < -0.4 is 5.73 Å². The Morgan fingerprint density at radius 2 is 1.06 bits per heavy atom. The van der Waals surface area contributed by atoms with Crippen molar-refractivity contribution < 1.29 is 14.2 Å². The lowest BCUT2D eigenvalue weighted by Gasteiger charge is -2.27.